The molecule has 0 amide bonds. The summed E-state index contributed by atoms with van der Waals surface area (Å²) in [5.41, 5.74) is 7.60. The Bertz CT molecular complexity index is 969. The fraction of sp³-hybridized carbons (Fsp3) is 0.214. The second-order valence-corrected chi connectivity index (χ2v) is 7.25. The number of aryl methyl sites for hydroxylation is 1. The molecule has 0 radical (unpaired) electrons. The Morgan fingerprint density at radius 2 is 1.76 bits per heavy atom. The number of unbranched alkanes of at least 4 members (excludes halogenated alkanes) is 1. The average molecular weight is 382 g/mol. The highest BCUT2D eigenvalue weighted by Crippen LogP contribution is 2.32. The molecule has 29 heavy (non-hydrogen) atoms. The van der Waals surface area contributed by atoms with Crippen molar-refractivity contribution in [2.24, 2.45) is 0 Å². The molecule has 1 aliphatic rings. The van der Waals surface area contributed by atoms with Gasteiger partial charge < -0.3 is 4.90 Å². The van der Waals surface area contributed by atoms with Crippen LogP contribution in [0.1, 0.15) is 43.4 Å². The Hall–Kier alpha value is -3.06. The third-order valence-electron chi connectivity index (χ3n) is 5.17. The van der Waals surface area contributed by atoms with E-state index in [1.54, 1.807) is 0 Å². The van der Waals surface area contributed by atoms with Crippen LogP contribution < -0.4 is 4.90 Å². The van der Waals surface area contributed by atoms with Gasteiger partial charge in [0.1, 0.15) is 0 Å². The van der Waals surface area contributed by atoms with E-state index in [2.05, 4.69) is 123 Å². The first-order valence-corrected chi connectivity index (χ1v) is 10.6. The largest absolute Gasteiger partial charge is 0.348 e. The summed E-state index contributed by atoms with van der Waals surface area (Å²) < 4.78 is 0. The van der Waals surface area contributed by atoms with Gasteiger partial charge in [0.2, 0.25) is 0 Å². The second-order valence-electron chi connectivity index (χ2n) is 7.25. The fourth-order valence-corrected chi connectivity index (χ4v) is 3.55. The Morgan fingerprint density at radius 3 is 2.55 bits per heavy atom. The summed E-state index contributed by atoms with van der Waals surface area (Å²) in [6.07, 6.45) is 19.9. The molecule has 0 atom stereocenters. The summed E-state index contributed by atoms with van der Waals surface area (Å²) >= 11 is 0. The summed E-state index contributed by atoms with van der Waals surface area (Å²) in [5.74, 6) is 0. The molecule has 1 nitrogen and oxygen atoms in total. The van der Waals surface area contributed by atoms with Crippen LogP contribution in [0, 0.1) is 6.92 Å². The van der Waals surface area contributed by atoms with Crippen molar-refractivity contribution in [3.8, 4) is 0 Å². The van der Waals surface area contributed by atoms with Crippen LogP contribution in [0.2, 0.25) is 0 Å². The Morgan fingerprint density at radius 1 is 0.966 bits per heavy atom. The van der Waals surface area contributed by atoms with Crippen molar-refractivity contribution in [2.45, 2.75) is 33.6 Å². The first-order chi connectivity index (χ1) is 14.2. The number of benzene rings is 2. The molecule has 1 heterocycles. The van der Waals surface area contributed by atoms with E-state index in [0.29, 0.717) is 0 Å². The van der Waals surface area contributed by atoms with E-state index in [9.17, 15) is 0 Å². The minimum absolute atomic E-state index is 0.973. The monoisotopic (exact) mass is 381 g/mol. The number of nitrogens with zero attached hydrogens (tertiary/aromatic N) is 1. The Kier molecular flexibility index (Phi) is 7.47. The molecule has 0 saturated heterocycles. The lowest BCUT2D eigenvalue weighted by Crippen LogP contribution is -2.18. The standard InChI is InChI=1S/C28H31N/c1-4-6-7-8-15-24(26-18-10-9-14-23(26)3)16-13-17-25-21-22-29(5-2)28-20-12-11-19-27(25)28/h7-22H,4-6H2,1-3H3/b8-7+,16-13+,24-15-,25-17-. The maximum absolute atomic E-state index is 2.29. The van der Waals surface area contributed by atoms with E-state index in [4.69, 9.17) is 0 Å². The first-order valence-electron chi connectivity index (χ1n) is 10.6. The van der Waals surface area contributed by atoms with Gasteiger partial charge in [-0.1, -0.05) is 92.3 Å². The molecule has 0 unspecified atom stereocenters. The van der Waals surface area contributed by atoms with Crippen LogP contribution in [0.3, 0.4) is 0 Å². The van der Waals surface area contributed by atoms with Gasteiger partial charge >= 0.3 is 0 Å². The molecule has 0 fully saturated rings. The van der Waals surface area contributed by atoms with Crippen LogP contribution in [-0.2, 0) is 0 Å². The smallest absolute Gasteiger partial charge is 0.0485 e. The normalized spacial score (nSPS) is 15.6. The van der Waals surface area contributed by atoms with Crippen molar-refractivity contribution >= 4 is 16.8 Å². The van der Waals surface area contributed by atoms with Crippen molar-refractivity contribution in [3.05, 3.63) is 114 Å². The summed E-state index contributed by atoms with van der Waals surface area (Å²) in [6.45, 7) is 7.53. The number of fused-ring (bicyclic) bond motifs is 1. The lowest BCUT2D eigenvalue weighted by molar-refractivity contribution is 0.959. The van der Waals surface area contributed by atoms with E-state index in [1.165, 1.54) is 39.9 Å². The lowest BCUT2D eigenvalue weighted by atomic mass is 9.97. The summed E-state index contributed by atoms with van der Waals surface area (Å²) in [7, 11) is 0. The molecule has 1 aliphatic heterocycles. The molecule has 0 aliphatic carbocycles. The van der Waals surface area contributed by atoms with Gasteiger partial charge in [0, 0.05) is 24.0 Å². The van der Waals surface area contributed by atoms with Crippen LogP contribution in [0.4, 0.5) is 5.69 Å². The maximum atomic E-state index is 2.29. The molecule has 3 rings (SSSR count). The van der Waals surface area contributed by atoms with Crippen molar-refractivity contribution in [2.75, 3.05) is 11.4 Å². The molecule has 148 valence electrons. The van der Waals surface area contributed by atoms with Gasteiger partial charge in [-0.05, 0) is 54.7 Å². The number of anilines is 1. The van der Waals surface area contributed by atoms with Gasteiger partial charge in [-0.15, -0.1) is 0 Å². The fourth-order valence-electron chi connectivity index (χ4n) is 3.55. The minimum atomic E-state index is 0.973. The molecule has 1 heteroatoms. The van der Waals surface area contributed by atoms with E-state index in [-0.39, 0.29) is 0 Å². The summed E-state index contributed by atoms with van der Waals surface area (Å²) in [6, 6.07) is 17.2. The zero-order valence-electron chi connectivity index (χ0n) is 17.8. The molecule has 0 spiro atoms. The third kappa shape index (κ3) is 5.26. The van der Waals surface area contributed by atoms with E-state index in [1.807, 2.05) is 0 Å². The summed E-state index contributed by atoms with van der Waals surface area (Å²) in [5, 5.41) is 0. The van der Waals surface area contributed by atoms with Crippen molar-refractivity contribution in [3.63, 3.8) is 0 Å². The van der Waals surface area contributed by atoms with Gasteiger partial charge in [-0.3, -0.25) is 0 Å². The molecular formula is C28H31N. The van der Waals surface area contributed by atoms with Crippen molar-refractivity contribution < 1.29 is 0 Å². The zero-order chi connectivity index (χ0) is 20.5. The molecule has 2 aromatic rings. The predicted molar refractivity (Wildman–Crippen MR) is 129 cm³/mol. The molecule has 2 aromatic carbocycles. The second kappa shape index (κ2) is 10.5. The highest BCUT2D eigenvalue weighted by Gasteiger charge is 2.13. The van der Waals surface area contributed by atoms with E-state index < -0.39 is 0 Å². The van der Waals surface area contributed by atoms with Gasteiger partial charge in [0.05, 0.1) is 0 Å². The average Bonchev–Trinajstić information content (AvgIpc) is 2.76. The Balaban J connectivity index is 1.91. The summed E-state index contributed by atoms with van der Waals surface area (Å²) in [4.78, 5) is 2.29. The van der Waals surface area contributed by atoms with Crippen LogP contribution in [0.25, 0.3) is 11.1 Å². The molecule has 0 bridgehead atoms. The SMILES string of the molecule is CCC/C=C/C=C(/C=C/C=C1/C=CN(CC)c2ccccc21)c1ccccc1C. The molecule has 0 N–H and O–H groups in total. The van der Waals surface area contributed by atoms with Crippen LogP contribution in [0.5, 0.6) is 0 Å². The first kappa shape index (κ1) is 20.7. The van der Waals surface area contributed by atoms with Gasteiger partial charge in [0.25, 0.3) is 0 Å². The number of rotatable bonds is 7. The van der Waals surface area contributed by atoms with Gasteiger partial charge in [-0.2, -0.15) is 0 Å². The van der Waals surface area contributed by atoms with E-state index >= 15 is 0 Å². The van der Waals surface area contributed by atoms with Crippen molar-refractivity contribution in [1.82, 2.24) is 0 Å². The maximum Gasteiger partial charge on any atom is 0.0485 e. The highest BCUT2D eigenvalue weighted by molar-refractivity contribution is 5.87. The quantitative estimate of drug-likeness (QED) is 0.444. The topological polar surface area (TPSA) is 3.24 Å². The number of hydrogen-bond donors (Lipinski definition) is 0. The van der Waals surface area contributed by atoms with Gasteiger partial charge in [-0.25, -0.2) is 0 Å². The third-order valence-corrected chi connectivity index (χ3v) is 5.17. The van der Waals surface area contributed by atoms with Crippen LogP contribution in [-0.4, -0.2) is 6.54 Å². The van der Waals surface area contributed by atoms with Gasteiger partial charge in [0.15, 0.2) is 0 Å². The molecular weight excluding hydrogens is 350 g/mol. The molecule has 0 saturated carbocycles. The zero-order valence-corrected chi connectivity index (χ0v) is 17.8. The minimum Gasteiger partial charge on any atom is -0.348 e. The van der Waals surface area contributed by atoms with Crippen molar-refractivity contribution in [1.29, 1.82) is 0 Å². The highest BCUT2D eigenvalue weighted by atomic mass is 15.1. The Labute approximate surface area is 176 Å². The lowest BCUT2D eigenvalue weighted by Gasteiger charge is -2.26. The number of hydrogen-bond acceptors (Lipinski definition) is 1. The van der Waals surface area contributed by atoms with Crippen LogP contribution >= 0.6 is 0 Å². The number of para-hydroxylation sites is 1. The van der Waals surface area contributed by atoms with Crippen LogP contribution in [0.15, 0.2) is 97.3 Å². The van der Waals surface area contributed by atoms with E-state index in [0.717, 1.165) is 13.0 Å². The predicted octanol–water partition coefficient (Wildman–Crippen LogP) is 7.73. The number of allylic oxidation sites excluding steroid dienone is 9. The molecule has 0 aromatic heterocycles.